The smallest absolute Gasteiger partial charge is 0.331 e. The SMILES string of the molecule is CCOCC1(O)CN([C@@H]2C=C(C(=O)O)C[C@H](N)[C@H]2NC(C)=O)CCC1O. The number of aliphatic carboxylic acids is 1. The highest BCUT2D eigenvalue weighted by molar-refractivity contribution is 5.87. The first-order chi connectivity index (χ1) is 12.2. The fraction of sp³-hybridized carbons (Fsp3) is 0.765. The Bertz CT molecular complexity index is 569. The minimum atomic E-state index is -1.46. The molecule has 0 aromatic carbocycles. The van der Waals surface area contributed by atoms with E-state index in [0.717, 1.165) is 0 Å². The van der Waals surface area contributed by atoms with Crippen LogP contribution >= 0.6 is 0 Å². The normalized spacial score (nSPS) is 35.7. The van der Waals surface area contributed by atoms with Gasteiger partial charge < -0.3 is 31.1 Å². The predicted octanol–water partition coefficient (Wildman–Crippen LogP) is -1.56. The largest absolute Gasteiger partial charge is 0.478 e. The van der Waals surface area contributed by atoms with Crippen molar-refractivity contribution >= 4 is 11.9 Å². The highest BCUT2D eigenvalue weighted by Gasteiger charge is 2.46. The van der Waals surface area contributed by atoms with E-state index in [1.807, 2.05) is 4.90 Å². The average molecular weight is 371 g/mol. The molecule has 2 aliphatic rings. The van der Waals surface area contributed by atoms with Gasteiger partial charge in [0.2, 0.25) is 5.91 Å². The predicted molar refractivity (Wildman–Crippen MR) is 93.3 cm³/mol. The van der Waals surface area contributed by atoms with Crippen LogP contribution in [0.2, 0.25) is 0 Å². The Hall–Kier alpha value is -1.52. The molecule has 1 saturated heterocycles. The van der Waals surface area contributed by atoms with Crippen LogP contribution in [0.4, 0.5) is 0 Å². The molecule has 0 bridgehead atoms. The van der Waals surface area contributed by atoms with Crippen LogP contribution in [0.5, 0.6) is 0 Å². The average Bonchev–Trinajstić information content (AvgIpc) is 2.57. The number of hydrogen-bond acceptors (Lipinski definition) is 7. The third-order valence-electron chi connectivity index (χ3n) is 5.07. The number of carboxylic acids is 1. The van der Waals surface area contributed by atoms with Crippen molar-refractivity contribution in [3.05, 3.63) is 11.6 Å². The number of hydrogen-bond donors (Lipinski definition) is 5. The monoisotopic (exact) mass is 371 g/mol. The van der Waals surface area contributed by atoms with Gasteiger partial charge in [0.25, 0.3) is 0 Å². The molecule has 1 aliphatic heterocycles. The van der Waals surface area contributed by atoms with Gasteiger partial charge in [0.15, 0.2) is 0 Å². The zero-order valence-electron chi connectivity index (χ0n) is 15.2. The fourth-order valence-electron chi connectivity index (χ4n) is 3.70. The third kappa shape index (κ3) is 4.60. The lowest BCUT2D eigenvalue weighted by Crippen LogP contribution is -2.67. The number of nitrogens with two attached hydrogens (primary N) is 1. The van der Waals surface area contributed by atoms with Gasteiger partial charge in [0.1, 0.15) is 5.60 Å². The van der Waals surface area contributed by atoms with Crippen LogP contribution in [-0.2, 0) is 14.3 Å². The van der Waals surface area contributed by atoms with E-state index in [0.29, 0.717) is 19.6 Å². The molecule has 0 aromatic rings. The molecule has 1 aliphatic carbocycles. The van der Waals surface area contributed by atoms with Gasteiger partial charge >= 0.3 is 5.97 Å². The molecule has 5 atom stereocenters. The van der Waals surface area contributed by atoms with E-state index in [1.54, 1.807) is 13.0 Å². The molecule has 1 heterocycles. The Balaban J connectivity index is 2.29. The molecule has 2 unspecified atom stereocenters. The topological polar surface area (TPSA) is 145 Å². The zero-order chi connectivity index (χ0) is 19.5. The third-order valence-corrected chi connectivity index (χ3v) is 5.07. The Morgan fingerprint density at radius 2 is 2.19 bits per heavy atom. The number of likely N-dealkylation sites (tertiary alicyclic amines) is 1. The molecule has 0 saturated carbocycles. The van der Waals surface area contributed by atoms with Crippen molar-refractivity contribution in [3.8, 4) is 0 Å². The Morgan fingerprint density at radius 1 is 1.50 bits per heavy atom. The van der Waals surface area contributed by atoms with Crippen LogP contribution < -0.4 is 11.1 Å². The number of aliphatic hydroxyl groups excluding tert-OH is 1. The summed E-state index contributed by atoms with van der Waals surface area (Å²) in [5, 5.41) is 33.2. The lowest BCUT2D eigenvalue weighted by molar-refractivity contribution is -0.159. The molecular weight excluding hydrogens is 342 g/mol. The molecule has 9 heteroatoms. The van der Waals surface area contributed by atoms with Gasteiger partial charge in [-0.25, -0.2) is 4.79 Å². The second kappa shape index (κ2) is 8.45. The molecule has 0 radical (unpaired) electrons. The Labute approximate surface area is 152 Å². The minimum Gasteiger partial charge on any atom is -0.478 e. The Kier molecular flexibility index (Phi) is 6.75. The molecule has 0 aromatic heterocycles. The number of aliphatic hydroxyl groups is 2. The lowest BCUT2D eigenvalue weighted by Gasteiger charge is -2.48. The van der Waals surface area contributed by atoms with Crippen molar-refractivity contribution in [1.29, 1.82) is 0 Å². The van der Waals surface area contributed by atoms with E-state index in [1.165, 1.54) is 6.92 Å². The number of ether oxygens (including phenoxy) is 1. The summed E-state index contributed by atoms with van der Waals surface area (Å²) in [7, 11) is 0. The maximum absolute atomic E-state index is 11.6. The summed E-state index contributed by atoms with van der Waals surface area (Å²) in [6.07, 6.45) is 1.10. The maximum Gasteiger partial charge on any atom is 0.331 e. The second-order valence-corrected chi connectivity index (χ2v) is 7.10. The quantitative estimate of drug-likeness (QED) is 0.377. The van der Waals surface area contributed by atoms with Crippen LogP contribution in [0.1, 0.15) is 26.7 Å². The number of rotatable bonds is 6. The molecule has 2 rings (SSSR count). The molecule has 26 heavy (non-hydrogen) atoms. The van der Waals surface area contributed by atoms with Gasteiger partial charge in [-0.3, -0.25) is 9.69 Å². The first-order valence-electron chi connectivity index (χ1n) is 8.87. The van der Waals surface area contributed by atoms with Crippen molar-refractivity contribution in [2.45, 2.75) is 56.5 Å². The molecule has 6 N–H and O–H groups in total. The number of carboxylic acid groups (broad SMARTS) is 1. The van der Waals surface area contributed by atoms with Gasteiger partial charge in [-0.1, -0.05) is 6.08 Å². The van der Waals surface area contributed by atoms with Crippen molar-refractivity contribution < 1.29 is 29.6 Å². The van der Waals surface area contributed by atoms with Gasteiger partial charge in [-0.15, -0.1) is 0 Å². The number of nitrogens with zero attached hydrogens (tertiary/aromatic N) is 1. The molecular formula is C17H29N3O6. The van der Waals surface area contributed by atoms with Gasteiger partial charge in [-0.05, 0) is 19.8 Å². The van der Waals surface area contributed by atoms with Gasteiger partial charge in [0.05, 0.1) is 24.8 Å². The second-order valence-electron chi connectivity index (χ2n) is 7.10. The summed E-state index contributed by atoms with van der Waals surface area (Å²) >= 11 is 0. The summed E-state index contributed by atoms with van der Waals surface area (Å²) in [5.74, 6) is -1.31. The number of piperidine rings is 1. The lowest BCUT2D eigenvalue weighted by atomic mass is 9.83. The van der Waals surface area contributed by atoms with E-state index >= 15 is 0 Å². The van der Waals surface area contributed by atoms with E-state index in [-0.39, 0.29) is 31.1 Å². The number of amides is 1. The first kappa shape index (κ1) is 20.8. The zero-order valence-corrected chi connectivity index (χ0v) is 15.2. The summed E-state index contributed by atoms with van der Waals surface area (Å²) < 4.78 is 5.31. The summed E-state index contributed by atoms with van der Waals surface area (Å²) in [4.78, 5) is 24.9. The standard InChI is InChI=1S/C17H29N3O6/c1-3-26-9-17(25)8-20(5-4-14(17)22)13-7-11(16(23)24)6-12(18)15(13)19-10(2)21/h7,12-15,22,25H,3-6,8-9,18H2,1-2H3,(H,19,21)(H,23,24)/t12-,13+,14?,15+,17?/m0/s1. The van der Waals surface area contributed by atoms with E-state index < -0.39 is 35.8 Å². The summed E-state index contributed by atoms with van der Waals surface area (Å²) in [6.45, 7) is 4.08. The Morgan fingerprint density at radius 3 is 2.77 bits per heavy atom. The van der Waals surface area contributed by atoms with Crippen molar-refractivity contribution in [2.75, 3.05) is 26.3 Å². The van der Waals surface area contributed by atoms with E-state index in [9.17, 15) is 24.9 Å². The minimum absolute atomic E-state index is 0.0275. The number of carbonyl (C=O) groups excluding carboxylic acids is 1. The summed E-state index contributed by atoms with van der Waals surface area (Å²) in [6, 6.07) is -1.54. The molecule has 148 valence electrons. The summed E-state index contributed by atoms with van der Waals surface area (Å²) in [5.41, 5.74) is 4.86. The molecule has 1 amide bonds. The van der Waals surface area contributed by atoms with Crippen LogP contribution in [0.25, 0.3) is 0 Å². The van der Waals surface area contributed by atoms with Crippen molar-refractivity contribution in [1.82, 2.24) is 10.2 Å². The van der Waals surface area contributed by atoms with Gasteiger partial charge in [0, 0.05) is 38.2 Å². The van der Waals surface area contributed by atoms with Crippen LogP contribution in [0, 0.1) is 0 Å². The van der Waals surface area contributed by atoms with Crippen LogP contribution in [0.3, 0.4) is 0 Å². The van der Waals surface area contributed by atoms with E-state index in [4.69, 9.17) is 10.5 Å². The molecule has 0 spiro atoms. The highest BCUT2D eigenvalue weighted by Crippen LogP contribution is 2.29. The molecule has 1 fully saturated rings. The van der Waals surface area contributed by atoms with Crippen LogP contribution in [0.15, 0.2) is 11.6 Å². The number of carbonyl (C=O) groups is 2. The van der Waals surface area contributed by atoms with Crippen molar-refractivity contribution in [2.24, 2.45) is 5.73 Å². The molecule has 9 nitrogen and oxygen atoms in total. The van der Waals surface area contributed by atoms with E-state index in [2.05, 4.69) is 5.32 Å². The van der Waals surface area contributed by atoms with Gasteiger partial charge in [-0.2, -0.15) is 0 Å². The maximum atomic E-state index is 11.6. The number of β-amino-alcohol motifs (C(OH)–C–C–N with tert-alkyl or cyclic N) is 1. The highest BCUT2D eigenvalue weighted by atomic mass is 16.5. The first-order valence-corrected chi connectivity index (χ1v) is 8.87. The number of nitrogens with one attached hydrogen (secondary N) is 1. The van der Waals surface area contributed by atoms with Crippen molar-refractivity contribution in [3.63, 3.8) is 0 Å². The van der Waals surface area contributed by atoms with Crippen LogP contribution in [-0.4, -0.2) is 88.2 Å². The fourth-order valence-corrected chi connectivity index (χ4v) is 3.70.